The van der Waals surface area contributed by atoms with Gasteiger partial charge in [0, 0.05) is 25.4 Å². The molecule has 1 N–H and O–H groups in total. The topological polar surface area (TPSA) is 50.2 Å². The molecule has 0 unspecified atom stereocenters. The number of amides is 1. The summed E-state index contributed by atoms with van der Waals surface area (Å²) in [6.07, 6.45) is 3.98. The van der Waals surface area contributed by atoms with Crippen molar-refractivity contribution in [2.45, 2.75) is 32.2 Å². The molecule has 23 heavy (non-hydrogen) atoms. The number of rotatable bonds is 8. The number of aryl methyl sites for hydroxylation is 1. The Kier molecular flexibility index (Phi) is 4.96. The minimum atomic E-state index is 0.209. The molecule has 2 aromatic rings. The predicted octanol–water partition coefficient (Wildman–Crippen LogP) is 2.06. The second-order valence-corrected chi connectivity index (χ2v) is 6.64. The van der Waals surface area contributed by atoms with Crippen molar-refractivity contribution in [3.8, 4) is 0 Å². The van der Waals surface area contributed by atoms with Crippen LogP contribution < -0.4 is 5.32 Å². The van der Waals surface area contributed by atoms with E-state index in [1.807, 2.05) is 6.07 Å². The van der Waals surface area contributed by atoms with Crippen LogP contribution in [0.15, 0.2) is 24.3 Å². The van der Waals surface area contributed by atoms with Gasteiger partial charge in [0.15, 0.2) is 0 Å². The van der Waals surface area contributed by atoms with E-state index in [9.17, 15) is 4.79 Å². The summed E-state index contributed by atoms with van der Waals surface area (Å²) < 4.78 is 2.31. The van der Waals surface area contributed by atoms with E-state index in [2.05, 4.69) is 47.1 Å². The lowest BCUT2D eigenvalue weighted by Crippen LogP contribution is -2.27. The maximum atomic E-state index is 11.8. The number of aromatic nitrogens is 2. The lowest BCUT2D eigenvalue weighted by atomic mass is 10.3. The predicted molar refractivity (Wildman–Crippen MR) is 92.3 cm³/mol. The summed E-state index contributed by atoms with van der Waals surface area (Å²) in [6, 6.07) is 8.28. The molecular formula is C18H26N4O. The lowest BCUT2D eigenvalue weighted by Gasteiger charge is -2.12. The first-order chi connectivity index (χ1) is 11.1. The first-order valence-electron chi connectivity index (χ1n) is 8.52. The third-order valence-electron chi connectivity index (χ3n) is 4.32. The van der Waals surface area contributed by atoms with Crippen molar-refractivity contribution in [3.05, 3.63) is 30.1 Å². The first-order valence-corrected chi connectivity index (χ1v) is 8.52. The monoisotopic (exact) mass is 314 g/mol. The minimum absolute atomic E-state index is 0.209. The standard InChI is InChI=1S/C18H26N4O/c1-21(2)12-5-13-22-16-7-4-3-6-15(16)20-17(22)10-11-19-18(23)14-8-9-14/h3-4,6-7,14H,5,8-13H2,1-2H3,(H,19,23). The van der Waals surface area contributed by atoms with E-state index in [0.29, 0.717) is 6.54 Å². The van der Waals surface area contributed by atoms with Gasteiger partial charge in [-0.15, -0.1) is 0 Å². The van der Waals surface area contributed by atoms with Crippen LogP contribution in [0.25, 0.3) is 11.0 Å². The largest absolute Gasteiger partial charge is 0.355 e. The average Bonchev–Trinajstić information content (AvgIpc) is 3.31. The normalized spacial score (nSPS) is 14.6. The summed E-state index contributed by atoms with van der Waals surface area (Å²) in [6.45, 7) is 2.70. The highest BCUT2D eigenvalue weighted by atomic mass is 16.2. The maximum Gasteiger partial charge on any atom is 0.223 e. The van der Waals surface area contributed by atoms with Crippen LogP contribution in [-0.2, 0) is 17.8 Å². The molecule has 0 aliphatic heterocycles. The minimum Gasteiger partial charge on any atom is -0.355 e. The Morgan fingerprint density at radius 3 is 2.87 bits per heavy atom. The quantitative estimate of drug-likeness (QED) is 0.811. The van der Waals surface area contributed by atoms with E-state index < -0.39 is 0 Å². The molecule has 0 atom stereocenters. The molecule has 124 valence electrons. The summed E-state index contributed by atoms with van der Waals surface area (Å²) in [5.74, 6) is 1.55. The molecule has 0 spiro atoms. The Labute approximate surface area is 137 Å². The Morgan fingerprint density at radius 1 is 1.35 bits per heavy atom. The van der Waals surface area contributed by atoms with Gasteiger partial charge >= 0.3 is 0 Å². The molecule has 1 aliphatic carbocycles. The molecule has 1 heterocycles. The van der Waals surface area contributed by atoms with Gasteiger partial charge in [0.1, 0.15) is 5.82 Å². The summed E-state index contributed by atoms with van der Waals surface area (Å²) in [7, 11) is 4.20. The number of carbonyl (C=O) groups is 1. The van der Waals surface area contributed by atoms with Crippen LogP contribution in [0.2, 0.25) is 0 Å². The Bertz CT molecular complexity index is 673. The summed E-state index contributed by atoms with van der Waals surface area (Å²) >= 11 is 0. The molecule has 1 aliphatic rings. The highest BCUT2D eigenvalue weighted by Crippen LogP contribution is 2.28. The molecular weight excluding hydrogens is 288 g/mol. The van der Waals surface area contributed by atoms with E-state index in [-0.39, 0.29) is 11.8 Å². The molecule has 0 saturated heterocycles. The van der Waals surface area contributed by atoms with Gasteiger partial charge in [-0.3, -0.25) is 4.79 Å². The molecule has 0 radical (unpaired) electrons. The fourth-order valence-electron chi connectivity index (χ4n) is 2.90. The Hall–Kier alpha value is -1.88. The van der Waals surface area contributed by atoms with Gasteiger partial charge in [-0.05, 0) is 52.0 Å². The number of hydrogen-bond acceptors (Lipinski definition) is 3. The van der Waals surface area contributed by atoms with Gasteiger partial charge in [0.05, 0.1) is 11.0 Å². The van der Waals surface area contributed by atoms with Crippen LogP contribution in [0, 0.1) is 5.92 Å². The van der Waals surface area contributed by atoms with Crippen LogP contribution in [0.5, 0.6) is 0 Å². The zero-order valence-corrected chi connectivity index (χ0v) is 14.1. The van der Waals surface area contributed by atoms with E-state index in [4.69, 9.17) is 4.98 Å². The molecule has 5 heteroatoms. The Balaban J connectivity index is 1.67. The SMILES string of the molecule is CN(C)CCCn1c(CCNC(=O)C2CC2)nc2ccccc21. The van der Waals surface area contributed by atoms with Gasteiger partial charge in [0.2, 0.25) is 5.91 Å². The first kappa shape index (κ1) is 16.0. The number of carbonyl (C=O) groups excluding carboxylic acids is 1. The summed E-state index contributed by atoms with van der Waals surface area (Å²) in [4.78, 5) is 18.7. The molecule has 1 aromatic carbocycles. The van der Waals surface area contributed by atoms with Crippen molar-refractivity contribution >= 4 is 16.9 Å². The molecule has 1 fully saturated rings. The zero-order chi connectivity index (χ0) is 16.2. The number of fused-ring (bicyclic) bond motifs is 1. The second kappa shape index (κ2) is 7.13. The van der Waals surface area contributed by atoms with E-state index in [1.165, 1.54) is 5.52 Å². The van der Waals surface area contributed by atoms with Gasteiger partial charge in [-0.1, -0.05) is 12.1 Å². The molecule has 1 aromatic heterocycles. The van der Waals surface area contributed by atoms with Gasteiger partial charge in [-0.25, -0.2) is 4.98 Å². The van der Waals surface area contributed by atoms with Crippen LogP contribution in [0.1, 0.15) is 25.1 Å². The van der Waals surface area contributed by atoms with Crippen molar-refractivity contribution in [1.82, 2.24) is 19.8 Å². The molecule has 3 rings (SSSR count). The van der Waals surface area contributed by atoms with Crippen molar-refractivity contribution < 1.29 is 4.79 Å². The zero-order valence-electron chi connectivity index (χ0n) is 14.1. The Morgan fingerprint density at radius 2 is 2.13 bits per heavy atom. The van der Waals surface area contributed by atoms with Crippen molar-refractivity contribution in [3.63, 3.8) is 0 Å². The van der Waals surface area contributed by atoms with Crippen LogP contribution in [0.4, 0.5) is 0 Å². The number of benzene rings is 1. The smallest absolute Gasteiger partial charge is 0.223 e. The van der Waals surface area contributed by atoms with Crippen molar-refractivity contribution in [2.24, 2.45) is 5.92 Å². The molecule has 1 saturated carbocycles. The molecule has 5 nitrogen and oxygen atoms in total. The maximum absolute atomic E-state index is 11.8. The highest BCUT2D eigenvalue weighted by Gasteiger charge is 2.29. The average molecular weight is 314 g/mol. The number of nitrogens with zero attached hydrogens (tertiary/aromatic N) is 3. The fraction of sp³-hybridized carbons (Fsp3) is 0.556. The van der Waals surface area contributed by atoms with Crippen molar-refractivity contribution in [2.75, 3.05) is 27.2 Å². The molecule has 1 amide bonds. The summed E-state index contributed by atoms with van der Waals surface area (Å²) in [5.41, 5.74) is 2.23. The van der Waals surface area contributed by atoms with E-state index in [1.54, 1.807) is 0 Å². The van der Waals surface area contributed by atoms with Crippen molar-refractivity contribution in [1.29, 1.82) is 0 Å². The third-order valence-corrected chi connectivity index (χ3v) is 4.32. The van der Waals surface area contributed by atoms with E-state index in [0.717, 1.165) is 50.1 Å². The van der Waals surface area contributed by atoms with Crippen LogP contribution in [0.3, 0.4) is 0 Å². The fourth-order valence-corrected chi connectivity index (χ4v) is 2.90. The second-order valence-electron chi connectivity index (χ2n) is 6.64. The van der Waals surface area contributed by atoms with Gasteiger partial charge in [-0.2, -0.15) is 0 Å². The third kappa shape index (κ3) is 4.10. The summed E-state index contributed by atoms with van der Waals surface area (Å²) in [5, 5.41) is 3.04. The van der Waals surface area contributed by atoms with Crippen LogP contribution in [-0.4, -0.2) is 47.5 Å². The van der Waals surface area contributed by atoms with Gasteiger partial charge < -0.3 is 14.8 Å². The number of imidazole rings is 1. The van der Waals surface area contributed by atoms with E-state index >= 15 is 0 Å². The number of nitrogens with one attached hydrogen (secondary N) is 1. The number of hydrogen-bond donors (Lipinski definition) is 1. The lowest BCUT2D eigenvalue weighted by molar-refractivity contribution is -0.122. The molecule has 0 bridgehead atoms. The van der Waals surface area contributed by atoms with Gasteiger partial charge in [0.25, 0.3) is 0 Å². The number of para-hydroxylation sites is 2. The van der Waals surface area contributed by atoms with Crippen LogP contribution >= 0.6 is 0 Å². The highest BCUT2D eigenvalue weighted by molar-refractivity contribution is 5.80.